The minimum atomic E-state index is -1.94. The molecular formula is C19H25Cl4NO12. The van der Waals surface area contributed by atoms with Gasteiger partial charge in [-0.15, -0.1) is 11.6 Å². The molecule has 0 aromatic rings. The Hall–Kier alpha value is -1.77. The number of hydrogen-bond acceptors (Lipinski definition) is 12. The Morgan fingerprint density at radius 2 is 1.53 bits per heavy atom. The van der Waals surface area contributed by atoms with Crippen LogP contribution in [0.25, 0.3) is 0 Å². The number of carbonyl (C=O) groups excluding carboxylic acids is 5. The first-order valence-electron chi connectivity index (χ1n) is 10.1. The quantitative estimate of drug-likeness (QED) is 0.218. The van der Waals surface area contributed by atoms with Gasteiger partial charge in [0, 0.05) is 20.8 Å². The summed E-state index contributed by atoms with van der Waals surface area (Å²) in [5, 5.41) is 1.04. The van der Waals surface area contributed by atoms with E-state index in [1.54, 1.807) is 0 Å². The molecule has 0 aromatic carbocycles. The van der Waals surface area contributed by atoms with E-state index in [4.69, 9.17) is 74.8 Å². The molecule has 1 heterocycles. The monoisotopic (exact) mass is 599 g/mol. The topological polar surface area (TPSA) is 162 Å². The lowest BCUT2D eigenvalue weighted by molar-refractivity contribution is -0.277. The maximum atomic E-state index is 12.4. The summed E-state index contributed by atoms with van der Waals surface area (Å²) in [6.07, 6.45) is -6.76. The minimum absolute atomic E-state index is 0.462. The number of halogens is 4. The molecule has 17 heteroatoms. The van der Waals surface area contributed by atoms with E-state index in [1.165, 1.54) is 0 Å². The van der Waals surface area contributed by atoms with Crippen molar-refractivity contribution in [2.75, 3.05) is 26.9 Å². The van der Waals surface area contributed by atoms with Crippen molar-refractivity contribution in [1.29, 1.82) is 0 Å². The summed E-state index contributed by atoms with van der Waals surface area (Å²) < 4.78 is 34.3. The van der Waals surface area contributed by atoms with Crippen LogP contribution in [0.5, 0.6) is 0 Å². The Morgan fingerprint density at radius 3 is 2.03 bits per heavy atom. The first kappa shape index (κ1) is 32.3. The van der Waals surface area contributed by atoms with Gasteiger partial charge in [-0.2, -0.15) is 0 Å². The van der Waals surface area contributed by atoms with Gasteiger partial charge in [-0.05, 0) is 0 Å². The molecule has 1 rings (SSSR count). The fraction of sp³-hybridized carbons (Fsp3) is 0.737. The van der Waals surface area contributed by atoms with Crippen molar-refractivity contribution in [2.24, 2.45) is 0 Å². The third-order valence-corrected chi connectivity index (χ3v) is 4.85. The van der Waals surface area contributed by atoms with E-state index < -0.39 is 89.6 Å². The van der Waals surface area contributed by atoms with E-state index in [-0.39, 0.29) is 0 Å². The van der Waals surface area contributed by atoms with Crippen LogP contribution < -0.4 is 5.32 Å². The highest BCUT2D eigenvalue weighted by Crippen LogP contribution is 2.29. The number of carbonyl (C=O) groups is 5. The SMILES string of the molecule is COC(=O)C(Cl)CO[C@@H]1O[C@H](COC(C)=O)[C@@H](OC(C)=O)[C@H](OC(C)=O)[C@H]1NC(=O)OCC(Cl)(Cl)Cl. The maximum Gasteiger partial charge on any atom is 0.407 e. The van der Waals surface area contributed by atoms with Gasteiger partial charge < -0.3 is 38.5 Å². The van der Waals surface area contributed by atoms with Gasteiger partial charge in [-0.25, -0.2) is 4.79 Å². The van der Waals surface area contributed by atoms with Crippen molar-refractivity contribution in [1.82, 2.24) is 5.32 Å². The Balaban J connectivity index is 3.33. The molecule has 1 N–H and O–H groups in total. The highest BCUT2D eigenvalue weighted by molar-refractivity contribution is 6.67. The van der Waals surface area contributed by atoms with Gasteiger partial charge >= 0.3 is 30.0 Å². The zero-order valence-electron chi connectivity index (χ0n) is 19.5. The van der Waals surface area contributed by atoms with Gasteiger partial charge in [-0.3, -0.25) is 19.2 Å². The number of alkyl carbamates (subject to hydrolysis) is 1. The number of ether oxygens (including phenoxy) is 7. The van der Waals surface area contributed by atoms with E-state index in [0.717, 1.165) is 27.9 Å². The van der Waals surface area contributed by atoms with Crippen molar-refractivity contribution < 1.29 is 57.1 Å². The number of esters is 4. The van der Waals surface area contributed by atoms with E-state index in [1.807, 2.05) is 0 Å². The predicted molar refractivity (Wildman–Crippen MR) is 123 cm³/mol. The molecule has 0 spiro atoms. The Bertz CT molecular complexity index is 808. The van der Waals surface area contributed by atoms with E-state index in [0.29, 0.717) is 0 Å². The molecule has 1 saturated heterocycles. The molecule has 36 heavy (non-hydrogen) atoms. The Kier molecular flexibility index (Phi) is 13.3. The molecule has 1 amide bonds. The van der Waals surface area contributed by atoms with Gasteiger partial charge in [-0.1, -0.05) is 34.8 Å². The number of rotatable bonds is 10. The van der Waals surface area contributed by atoms with Gasteiger partial charge in [0.2, 0.25) is 3.79 Å². The van der Waals surface area contributed by atoms with Gasteiger partial charge in [0.05, 0.1) is 13.7 Å². The number of methoxy groups -OCH3 is 1. The smallest absolute Gasteiger partial charge is 0.407 e. The minimum Gasteiger partial charge on any atom is -0.468 e. The number of hydrogen-bond donors (Lipinski definition) is 1. The van der Waals surface area contributed by atoms with Crippen LogP contribution in [0.1, 0.15) is 20.8 Å². The van der Waals surface area contributed by atoms with E-state index in [9.17, 15) is 24.0 Å². The third-order valence-electron chi connectivity index (χ3n) is 4.22. The van der Waals surface area contributed by atoms with Crippen molar-refractivity contribution in [2.45, 2.75) is 60.6 Å². The first-order valence-corrected chi connectivity index (χ1v) is 11.7. The van der Waals surface area contributed by atoms with Crippen LogP contribution in [-0.4, -0.2) is 96.7 Å². The molecule has 1 fully saturated rings. The van der Waals surface area contributed by atoms with Gasteiger partial charge in [0.1, 0.15) is 25.4 Å². The van der Waals surface area contributed by atoms with Crippen LogP contribution in [-0.2, 0) is 52.3 Å². The van der Waals surface area contributed by atoms with Crippen LogP contribution in [0.3, 0.4) is 0 Å². The summed E-state index contributed by atoms with van der Waals surface area (Å²) in [5.74, 6) is -3.17. The lowest BCUT2D eigenvalue weighted by Gasteiger charge is -2.44. The zero-order chi connectivity index (χ0) is 27.6. The van der Waals surface area contributed by atoms with Crippen LogP contribution in [0.2, 0.25) is 0 Å². The summed E-state index contributed by atoms with van der Waals surface area (Å²) in [6, 6.07) is -1.42. The molecule has 0 aliphatic carbocycles. The maximum absolute atomic E-state index is 12.4. The molecule has 206 valence electrons. The second kappa shape index (κ2) is 14.8. The second-order valence-corrected chi connectivity index (χ2v) is 10.2. The molecular weight excluding hydrogens is 576 g/mol. The lowest BCUT2D eigenvalue weighted by Crippen LogP contribution is -2.67. The molecule has 13 nitrogen and oxygen atoms in total. The number of nitrogens with one attached hydrogen (secondary N) is 1. The molecule has 1 aliphatic heterocycles. The fourth-order valence-electron chi connectivity index (χ4n) is 2.90. The standard InChI is InChI=1S/C19H25Cl4NO12/c1-8(25)31-6-12-14(34-9(2)26)15(35-10(3)27)13(24-18(29)33-7-19(21,22)23)17(36-12)32-5-11(20)16(28)30-4/h11-15,17H,5-7H2,1-4H3,(H,24,29)/t11?,12-,13-,14-,15-,17-/m1/s1. The van der Waals surface area contributed by atoms with Gasteiger partial charge in [0.25, 0.3) is 0 Å². The van der Waals surface area contributed by atoms with Crippen molar-refractivity contribution in [3.63, 3.8) is 0 Å². The highest BCUT2D eigenvalue weighted by atomic mass is 35.6. The molecule has 6 atom stereocenters. The Morgan fingerprint density at radius 1 is 0.944 bits per heavy atom. The van der Waals surface area contributed by atoms with Crippen molar-refractivity contribution in [3.05, 3.63) is 0 Å². The lowest BCUT2D eigenvalue weighted by atomic mass is 9.96. The molecule has 0 aromatic heterocycles. The van der Waals surface area contributed by atoms with Crippen LogP contribution >= 0.6 is 46.4 Å². The Labute approximate surface area is 226 Å². The summed E-state index contributed by atoms with van der Waals surface area (Å²) in [4.78, 5) is 59.1. The molecule has 1 unspecified atom stereocenters. The average Bonchev–Trinajstić information content (AvgIpc) is 2.76. The highest BCUT2D eigenvalue weighted by Gasteiger charge is 2.52. The summed E-state index contributed by atoms with van der Waals surface area (Å²) in [5.41, 5.74) is 0. The second-order valence-electron chi connectivity index (χ2n) is 7.18. The average molecular weight is 601 g/mol. The van der Waals surface area contributed by atoms with Crippen molar-refractivity contribution >= 4 is 76.4 Å². The molecule has 0 saturated carbocycles. The normalized spacial score (nSPS) is 24.6. The van der Waals surface area contributed by atoms with Crippen LogP contribution in [0.4, 0.5) is 4.79 Å². The van der Waals surface area contributed by atoms with Crippen LogP contribution in [0, 0.1) is 0 Å². The molecule has 0 bridgehead atoms. The summed E-state index contributed by atoms with van der Waals surface area (Å²) >= 11 is 22.7. The number of alkyl halides is 4. The predicted octanol–water partition coefficient (Wildman–Crippen LogP) is 1.40. The third kappa shape index (κ3) is 11.5. The molecule has 1 aliphatic rings. The number of amides is 1. The fourth-order valence-corrected chi connectivity index (χ4v) is 3.22. The zero-order valence-corrected chi connectivity index (χ0v) is 22.5. The summed E-state index contributed by atoms with van der Waals surface area (Å²) in [7, 11) is 1.11. The first-order chi connectivity index (χ1) is 16.6. The van der Waals surface area contributed by atoms with Crippen LogP contribution in [0.15, 0.2) is 0 Å². The summed E-state index contributed by atoms with van der Waals surface area (Å²) in [6.45, 7) is 1.64. The van der Waals surface area contributed by atoms with Gasteiger partial charge in [0.15, 0.2) is 23.9 Å². The van der Waals surface area contributed by atoms with E-state index in [2.05, 4.69) is 10.1 Å². The van der Waals surface area contributed by atoms with E-state index >= 15 is 0 Å². The molecule has 0 radical (unpaired) electrons. The largest absolute Gasteiger partial charge is 0.468 e. The van der Waals surface area contributed by atoms with Crippen molar-refractivity contribution in [3.8, 4) is 0 Å².